The quantitative estimate of drug-likeness (QED) is 0.573. The number of ketones is 1. The average molecular weight is 374 g/mol. The van der Waals surface area contributed by atoms with Gasteiger partial charge in [-0.05, 0) is 55.7 Å². The molecular weight excluding hydrogens is 352 g/mol. The van der Waals surface area contributed by atoms with Crippen molar-refractivity contribution < 1.29 is 22.7 Å². The summed E-state index contributed by atoms with van der Waals surface area (Å²) in [4.78, 5) is 24.7. The van der Waals surface area contributed by atoms with Crippen LogP contribution in [0.15, 0.2) is 42.5 Å². The normalized spacial score (nSPS) is 12.5. The molecule has 0 N–H and O–H groups in total. The lowest BCUT2D eigenvalue weighted by molar-refractivity contribution is 0.0319. The second kappa shape index (κ2) is 7.83. The summed E-state index contributed by atoms with van der Waals surface area (Å²) in [6.07, 6.45) is 0.232. The number of carbonyl (C=O) groups is 2. The molecular formula is C20H22O5S. The first-order chi connectivity index (χ1) is 12.1. The Hall–Kier alpha value is -2.47. The van der Waals surface area contributed by atoms with Crippen LogP contribution >= 0.6 is 0 Å². The van der Waals surface area contributed by atoms with E-state index in [0.717, 1.165) is 17.4 Å². The van der Waals surface area contributed by atoms with E-state index in [-0.39, 0.29) is 17.1 Å². The van der Waals surface area contributed by atoms with E-state index >= 15 is 0 Å². The number of hydrogen-bond acceptors (Lipinski definition) is 5. The summed E-state index contributed by atoms with van der Waals surface area (Å²) in [6, 6.07) is 11.5. The summed E-state index contributed by atoms with van der Waals surface area (Å²) in [6.45, 7) is 5.41. The van der Waals surface area contributed by atoms with E-state index < -0.39 is 21.9 Å². The lowest BCUT2D eigenvalue weighted by Gasteiger charge is -2.13. The Morgan fingerprint density at radius 1 is 0.962 bits per heavy atom. The minimum Gasteiger partial charge on any atom is -0.451 e. The second-order valence-corrected chi connectivity index (χ2v) is 8.62. The zero-order valence-electron chi connectivity index (χ0n) is 15.3. The molecule has 0 saturated carbocycles. The van der Waals surface area contributed by atoms with Gasteiger partial charge in [-0.25, -0.2) is 13.2 Å². The summed E-state index contributed by atoms with van der Waals surface area (Å²) in [5.41, 5.74) is 3.43. The molecule has 0 aliphatic heterocycles. The van der Waals surface area contributed by atoms with Gasteiger partial charge in [0.2, 0.25) is 5.78 Å². The zero-order chi connectivity index (χ0) is 19.5. The fourth-order valence-electron chi connectivity index (χ4n) is 2.45. The third-order valence-corrected chi connectivity index (χ3v) is 4.92. The molecule has 0 aromatic heterocycles. The second-order valence-electron chi connectivity index (χ2n) is 6.48. The third-order valence-electron chi connectivity index (χ3n) is 4.06. The lowest BCUT2D eigenvalue weighted by atomic mass is 10.0. The van der Waals surface area contributed by atoms with E-state index in [9.17, 15) is 18.0 Å². The number of benzene rings is 2. The highest BCUT2D eigenvalue weighted by molar-refractivity contribution is 7.89. The van der Waals surface area contributed by atoms with Crippen LogP contribution in [-0.2, 0) is 20.3 Å². The number of esters is 1. The number of aryl methyl sites for hydroxylation is 2. The van der Waals surface area contributed by atoms with Crippen LogP contribution in [0, 0.1) is 13.8 Å². The summed E-state index contributed by atoms with van der Waals surface area (Å²) in [5, 5.41) is 0. The zero-order valence-corrected chi connectivity index (χ0v) is 16.1. The Morgan fingerprint density at radius 3 is 2.08 bits per heavy atom. The van der Waals surface area contributed by atoms with Crippen molar-refractivity contribution in [1.82, 2.24) is 0 Å². The molecule has 0 unspecified atom stereocenters. The summed E-state index contributed by atoms with van der Waals surface area (Å²) in [5.74, 6) is -0.986. The molecule has 138 valence electrons. The van der Waals surface area contributed by atoms with E-state index in [1.165, 1.54) is 19.1 Å². The molecule has 1 atom stereocenters. The van der Waals surface area contributed by atoms with Crippen LogP contribution in [0.25, 0.3) is 0 Å². The van der Waals surface area contributed by atoms with Crippen molar-refractivity contribution >= 4 is 21.6 Å². The van der Waals surface area contributed by atoms with Crippen LogP contribution < -0.4 is 0 Å². The van der Waals surface area contributed by atoms with Crippen molar-refractivity contribution in [3.8, 4) is 0 Å². The van der Waals surface area contributed by atoms with Crippen LogP contribution in [0.1, 0.15) is 44.3 Å². The third kappa shape index (κ3) is 5.26. The van der Waals surface area contributed by atoms with E-state index in [1.807, 2.05) is 19.9 Å². The highest BCUT2D eigenvalue weighted by atomic mass is 32.2. The molecule has 0 spiro atoms. The maximum Gasteiger partial charge on any atom is 0.338 e. The molecule has 2 rings (SSSR count). The molecule has 2 aromatic rings. The van der Waals surface area contributed by atoms with E-state index in [4.69, 9.17) is 4.74 Å². The predicted molar refractivity (Wildman–Crippen MR) is 100 cm³/mol. The fraction of sp³-hybridized carbons (Fsp3) is 0.300. The van der Waals surface area contributed by atoms with Gasteiger partial charge >= 0.3 is 5.97 Å². The van der Waals surface area contributed by atoms with E-state index in [1.54, 1.807) is 24.3 Å². The number of hydrogen-bond donors (Lipinski definition) is 0. The number of sulfone groups is 1. The Balaban J connectivity index is 2.06. The molecule has 26 heavy (non-hydrogen) atoms. The van der Waals surface area contributed by atoms with Crippen LogP contribution in [-0.4, -0.2) is 32.5 Å². The predicted octanol–water partition coefficient (Wildman–Crippen LogP) is 3.28. The maximum atomic E-state index is 12.4. The Labute approximate surface area is 153 Å². The SMILES string of the molecule is Cc1ccc(C(=O)[C@@H](C)OC(=O)c2ccc(CS(C)(=O)=O)cc2)cc1C. The molecule has 0 saturated heterocycles. The molecule has 6 heteroatoms. The van der Waals surface area contributed by atoms with Gasteiger partial charge in [0, 0.05) is 11.8 Å². The van der Waals surface area contributed by atoms with Crippen LogP contribution in [0.2, 0.25) is 0 Å². The molecule has 0 amide bonds. The molecule has 0 bridgehead atoms. The minimum absolute atomic E-state index is 0.0933. The van der Waals surface area contributed by atoms with Crippen molar-refractivity contribution in [3.05, 3.63) is 70.3 Å². The average Bonchev–Trinajstić information content (AvgIpc) is 2.55. The van der Waals surface area contributed by atoms with Crippen molar-refractivity contribution in [3.63, 3.8) is 0 Å². The number of carbonyl (C=O) groups excluding carboxylic acids is 2. The maximum absolute atomic E-state index is 12.4. The molecule has 0 aliphatic carbocycles. The van der Waals surface area contributed by atoms with Crippen molar-refractivity contribution in [2.45, 2.75) is 32.6 Å². The highest BCUT2D eigenvalue weighted by Crippen LogP contribution is 2.15. The van der Waals surface area contributed by atoms with Gasteiger partial charge < -0.3 is 4.74 Å². The first kappa shape index (κ1) is 19.8. The molecule has 0 fully saturated rings. The topological polar surface area (TPSA) is 77.5 Å². The molecule has 0 radical (unpaired) electrons. The molecule has 0 heterocycles. The van der Waals surface area contributed by atoms with Gasteiger partial charge in [0.15, 0.2) is 15.9 Å². The number of rotatable bonds is 6. The van der Waals surface area contributed by atoms with Crippen molar-refractivity contribution in [1.29, 1.82) is 0 Å². The highest BCUT2D eigenvalue weighted by Gasteiger charge is 2.21. The number of ether oxygens (including phenoxy) is 1. The van der Waals surface area contributed by atoms with Gasteiger partial charge in [0.25, 0.3) is 0 Å². The van der Waals surface area contributed by atoms with Crippen LogP contribution in [0.5, 0.6) is 0 Å². The van der Waals surface area contributed by atoms with Crippen molar-refractivity contribution in [2.75, 3.05) is 6.26 Å². The largest absolute Gasteiger partial charge is 0.451 e. The van der Waals surface area contributed by atoms with E-state index in [2.05, 4.69) is 0 Å². The fourth-order valence-corrected chi connectivity index (χ4v) is 3.25. The Bertz CT molecular complexity index is 927. The smallest absolute Gasteiger partial charge is 0.338 e. The molecule has 0 aliphatic rings. The van der Waals surface area contributed by atoms with Crippen LogP contribution in [0.4, 0.5) is 0 Å². The van der Waals surface area contributed by atoms with Gasteiger partial charge in [-0.15, -0.1) is 0 Å². The minimum atomic E-state index is -3.14. The molecule has 2 aromatic carbocycles. The summed E-state index contributed by atoms with van der Waals surface area (Å²) < 4.78 is 27.8. The number of Topliss-reactive ketones (excluding diaryl/α,β-unsaturated/α-hetero) is 1. The van der Waals surface area contributed by atoms with Gasteiger partial charge in [-0.3, -0.25) is 4.79 Å². The Kier molecular flexibility index (Phi) is 5.97. The van der Waals surface area contributed by atoms with Gasteiger partial charge in [-0.2, -0.15) is 0 Å². The van der Waals surface area contributed by atoms with Gasteiger partial charge in [0.05, 0.1) is 11.3 Å². The monoisotopic (exact) mass is 374 g/mol. The first-order valence-electron chi connectivity index (χ1n) is 8.16. The lowest BCUT2D eigenvalue weighted by Crippen LogP contribution is -2.24. The van der Waals surface area contributed by atoms with Gasteiger partial charge in [0.1, 0.15) is 0 Å². The van der Waals surface area contributed by atoms with Gasteiger partial charge in [-0.1, -0.05) is 24.3 Å². The molecule has 5 nitrogen and oxygen atoms in total. The summed E-state index contributed by atoms with van der Waals surface area (Å²) in [7, 11) is -3.14. The standard InChI is InChI=1S/C20H22O5S/c1-13-5-8-18(11-14(13)2)19(21)15(3)25-20(22)17-9-6-16(7-10-17)12-26(4,23)24/h5-11,15H,12H2,1-4H3/t15-/m1/s1. The van der Waals surface area contributed by atoms with Crippen molar-refractivity contribution in [2.24, 2.45) is 0 Å². The first-order valence-corrected chi connectivity index (χ1v) is 10.2. The van der Waals surface area contributed by atoms with Crippen LogP contribution in [0.3, 0.4) is 0 Å². The Morgan fingerprint density at radius 2 is 1.54 bits per heavy atom. The van der Waals surface area contributed by atoms with E-state index in [0.29, 0.717) is 11.1 Å². The summed E-state index contributed by atoms with van der Waals surface area (Å²) >= 11 is 0.